The number of nitrogens with one attached hydrogen (secondary N) is 2. The molecule has 0 radical (unpaired) electrons. The summed E-state index contributed by atoms with van der Waals surface area (Å²) in [4.78, 5) is 34.6. The predicted molar refractivity (Wildman–Crippen MR) is 105 cm³/mol. The normalized spacial score (nSPS) is 10.9. The van der Waals surface area contributed by atoms with Crippen LogP contribution in [0.4, 0.5) is 0 Å². The van der Waals surface area contributed by atoms with E-state index in [2.05, 4.69) is 10.0 Å². The molecule has 2 N–H and O–H groups in total. The van der Waals surface area contributed by atoms with E-state index in [1.807, 2.05) is 30.3 Å². The number of hydrogen-bond acceptors (Lipinski definition) is 6. The van der Waals surface area contributed by atoms with E-state index >= 15 is 0 Å². The monoisotopic (exact) mass is 418 g/mol. The number of ether oxygens (including phenoxy) is 1. The fourth-order valence-corrected chi connectivity index (χ4v) is 3.34. The number of rotatable bonds is 10. The Balaban J connectivity index is 1.70. The van der Waals surface area contributed by atoms with E-state index in [1.54, 1.807) is 0 Å². The highest BCUT2D eigenvalue weighted by molar-refractivity contribution is 7.89. The van der Waals surface area contributed by atoms with Crippen molar-refractivity contribution in [3.05, 3.63) is 65.7 Å². The Kier molecular flexibility index (Phi) is 8.05. The highest BCUT2D eigenvalue weighted by atomic mass is 32.2. The van der Waals surface area contributed by atoms with Gasteiger partial charge >= 0.3 is 5.97 Å². The van der Waals surface area contributed by atoms with Crippen molar-refractivity contribution in [2.24, 2.45) is 0 Å². The first kappa shape index (κ1) is 22.3. The van der Waals surface area contributed by atoms with Gasteiger partial charge in [-0.15, -0.1) is 0 Å². The van der Waals surface area contributed by atoms with Crippen LogP contribution in [0.15, 0.2) is 59.5 Å². The van der Waals surface area contributed by atoms with Gasteiger partial charge in [-0.25, -0.2) is 13.1 Å². The average molecular weight is 418 g/mol. The van der Waals surface area contributed by atoms with Gasteiger partial charge in [0.1, 0.15) is 0 Å². The fraction of sp³-hybridized carbons (Fsp3) is 0.250. The first-order chi connectivity index (χ1) is 13.8. The van der Waals surface area contributed by atoms with Crippen LogP contribution in [0.3, 0.4) is 0 Å². The highest BCUT2D eigenvalue weighted by Crippen LogP contribution is 2.11. The minimum atomic E-state index is -3.82. The van der Waals surface area contributed by atoms with Crippen LogP contribution < -0.4 is 10.0 Å². The summed E-state index contributed by atoms with van der Waals surface area (Å²) in [5.41, 5.74) is 1.32. The fourth-order valence-electron chi connectivity index (χ4n) is 2.31. The molecule has 8 nitrogen and oxygen atoms in total. The molecule has 2 aromatic rings. The van der Waals surface area contributed by atoms with Crippen molar-refractivity contribution in [3.63, 3.8) is 0 Å². The van der Waals surface area contributed by atoms with Crippen molar-refractivity contribution in [3.8, 4) is 0 Å². The van der Waals surface area contributed by atoms with E-state index in [1.165, 1.54) is 31.2 Å². The number of carbonyl (C=O) groups excluding carboxylic acids is 3. The Hall–Kier alpha value is -3.04. The molecular weight excluding hydrogens is 396 g/mol. The van der Waals surface area contributed by atoms with Crippen LogP contribution in [0.2, 0.25) is 0 Å². The second-order valence-corrected chi connectivity index (χ2v) is 7.92. The molecule has 0 fully saturated rings. The summed E-state index contributed by atoms with van der Waals surface area (Å²) in [6, 6.07) is 14.7. The highest BCUT2D eigenvalue weighted by Gasteiger charge is 2.15. The molecule has 0 aliphatic rings. The molecule has 0 aliphatic heterocycles. The molecule has 0 bridgehead atoms. The lowest BCUT2D eigenvalue weighted by Gasteiger charge is -2.08. The molecule has 2 rings (SSSR count). The van der Waals surface area contributed by atoms with Crippen LogP contribution >= 0.6 is 0 Å². The predicted octanol–water partition coefficient (Wildman–Crippen LogP) is 1.42. The second kappa shape index (κ2) is 10.5. The number of Topliss-reactive ketones (excluding diaryl/α,β-unsaturated/α-hetero) is 1. The van der Waals surface area contributed by atoms with Crippen LogP contribution in [-0.4, -0.2) is 39.2 Å². The standard InChI is InChI=1S/C20H22N2O6S/c1-15(23)17-7-9-18(10-8-17)29(26,27)22-12-11-20(25)28-14-19(24)21-13-16-5-3-2-4-6-16/h2-10,22H,11-14H2,1H3,(H,21,24). The van der Waals surface area contributed by atoms with Gasteiger partial charge < -0.3 is 10.1 Å². The molecule has 0 aliphatic carbocycles. The first-order valence-corrected chi connectivity index (χ1v) is 10.3. The maximum atomic E-state index is 12.2. The Morgan fingerprint density at radius 1 is 0.966 bits per heavy atom. The van der Waals surface area contributed by atoms with Gasteiger partial charge in [-0.3, -0.25) is 14.4 Å². The minimum Gasteiger partial charge on any atom is -0.456 e. The summed E-state index contributed by atoms with van der Waals surface area (Å²) < 4.78 is 31.4. The van der Waals surface area contributed by atoms with Gasteiger partial charge in [0.05, 0.1) is 11.3 Å². The maximum Gasteiger partial charge on any atom is 0.307 e. The molecule has 9 heteroatoms. The number of sulfonamides is 1. The summed E-state index contributed by atoms with van der Waals surface area (Å²) >= 11 is 0. The van der Waals surface area contributed by atoms with Crippen molar-refractivity contribution in [2.75, 3.05) is 13.2 Å². The lowest BCUT2D eigenvalue weighted by atomic mass is 10.2. The Bertz CT molecular complexity index is 956. The van der Waals surface area contributed by atoms with Crippen LogP contribution in [0.1, 0.15) is 29.3 Å². The molecule has 0 saturated heterocycles. The zero-order chi connectivity index (χ0) is 21.3. The van der Waals surface area contributed by atoms with Gasteiger partial charge in [0.25, 0.3) is 5.91 Å². The molecule has 0 spiro atoms. The lowest BCUT2D eigenvalue weighted by molar-refractivity contribution is -0.148. The molecule has 0 atom stereocenters. The molecule has 0 aromatic heterocycles. The largest absolute Gasteiger partial charge is 0.456 e. The summed E-state index contributed by atoms with van der Waals surface area (Å²) in [7, 11) is -3.82. The Morgan fingerprint density at radius 3 is 2.24 bits per heavy atom. The zero-order valence-electron chi connectivity index (χ0n) is 15.9. The van der Waals surface area contributed by atoms with Crippen LogP contribution in [0, 0.1) is 0 Å². The van der Waals surface area contributed by atoms with Gasteiger partial charge in [-0.05, 0) is 24.6 Å². The lowest BCUT2D eigenvalue weighted by Crippen LogP contribution is -2.30. The van der Waals surface area contributed by atoms with Crippen molar-refractivity contribution >= 4 is 27.7 Å². The van der Waals surface area contributed by atoms with E-state index in [-0.39, 0.29) is 23.6 Å². The van der Waals surface area contributed by atoms with E-state index in [9.17, 15) is 22.8 Å². The third-order valence-electron chi connectivity index (χ3n) is 3.89. The van der Waals surface area contributed by atoms with Crippen molar-refractivity contribution in [1.82, 2.24) is 10.0 Å². The summed E-state index contributed by atoms with van der Waals surface area (Å²) in [5.74, 6) is -1.32. The van der Waals surface area contributed by atoms with Gasteiger partial charge in [0.2, 0.25) is 10.0 Å². The molecule has 2 aromatic carbocycles. The number of ketones is 1. The second-order valence-electron chi connectivity index (χ2n) is 6.15. The van der Waals surface area contributed by atoms with Gasteiger partial charge in [0, 0.05) is 18.7 Å². The third-order valence-corrected chi connectivity index (χ3v) is 5.37. The zero-order valence-corrected chi connectivity index (χ0v) is 16.7. The van der Waals surface area contributed by atoms with Crippen LogP contribution in [-0.2, 0) is 30.9 Å². The Morgan fingerprint density at radius 2 is 1.62 bits per heavy atom. The van der Waals surface area contributed by atoms with Crippen molar-refractivity contribution in [2.45, 2.75) is 24.8 Å². The molecule has 1 amide bonds. The van der Waals surface area contributed by atoms with E-state index in [4.69, 9.17) is 4.74 Å². The van der Waals surface area contributed by atoms with Gasteiger partial charge in [0.15, 0.2) is 12.4 Å². The van der Waals surface area contributed by atoms with E-state index < -0.39 is 28.5 Å². The van der Waals surface area contributed by atoms with Crippen molar-refractivity contribution < 1.29 is 27.5 Å². The number of carbonyl (C=O) groups is 3. The maximum absolute atomic E-state index is 12.2. The molecular formula is C20H22N2O6S. The van der Waals surface area contributed by atoms with E-state index in [0.717, 1.165) is 5.56 Å². The van der Waals surface area contributed by atoms with Crippen molar-refractivity contribution in [1.29, 1.82) is 0 Å². The molecule has 0 saturated carbocycles. The Labute approximate surface area is 169 Å². The van der Waals surface area contributed by atoms with Crippen LogP contribution in [0.25, 0.3) is 0 Å². The third kappa shape index (κ3) is 7.47. The van der Waals surface area contributed by atoms with Crippen LogP contribution in [0.5, 0.6) is 0 Å². The number of amides is 1. The molecule has 154 valence electrons. The molecule has 0 heterocycles. The topological polar surface area (TPSA) is 119 Å². The average Bonchev–Trinajstić information content (AvgIpc) is 2.71. The van der Waals surface area contributed by atoms with Gasteiger partial charge in [-0.2, -0.15) is 0 Å². The summed E-state index contributed by atoms with van der Waals surface area (Å²) in [6.45, 7) is 1.08. The number of esters is 1. The molecule has 0 unspecified atom stereocenters. The minimum absolute atomic E-state index is 0.0174. The SMILES string of the molecule is CC(=O)c1ccc(S(=O)(=O)NCCC(=O)OCC(=O)NCc2ccccc2)cc1. The smallest absolute Gasteiger partial charge is 0.307 e. The quantitative estimate of drug-likeness (QED) is 0.445. The van der Waals surface area contributed by atoms with Gasteiger partial charge in [-0.1, -0.05) is 42.5 Å². The summed E-state index contributed by atoms with van der Waals surface area (Å²) in [5, 5.41) is 2.62. The summed E-state index contributed by atoms with van der Waals surface area (Å²) in [6.07, 6.45) is -0.225. The number of hydrogen-bond donors (Lipinski definition) is 2. The number of benzene rings is 2. The van der Waals surface area contributed by atoms with E-state index in [0.29, 0.717) is 12.1 Å². The molecule has 29 heavy (non-hydrogen) atoms. The first-order valence-electron chi connectivity index (χ1n) is 8.85.